The van der Waals surface area contributed by atoms with Crippen LogP contribution in [0.3, 0.4) is 0 Å². The largest absolute Gasteiger partial charge is 0.481 e. The molecule has 1 aromatic carbocycles. The lowest BCUT2D eigenvalue weighted by Gasteiger charge is -2.28. The van der Waals surface area contributed by atoms with E-state index in [1.165, 1.54) is 12.1 Å². The molecule has 0 saturated heterocycles. The van der Waals surface area contributed by atoms with E-state index in [-0.39, 0.29) is 12.2 Å². The van der Waals surface area contributed by atoms with Crippen LogP contribution in [0.25, 0.3) is 0 Å². The van der Waals surface area contributed by atoms with Crippen LogP contribution in [0.4, 0.5) is 4.39 Å². The number of carboxylic acids is 1. The summed E-state index contributed by atoms with van der Waals surface area (Å²) in [5.74, 6) is -1.28. The normalized spacial score (nSPS) is 14.6. The molecule has 82 valence electrons. The van der Waals surface area contributed by atoms with E-state index in [1.54, 1.807) is 26.1 Å². The molecular weight excluding hydrogens is 197 g/mol. The zero-order chi connectivity index (χ0) is 11.5. The van der Waals surface area contributed by atoms with Crippen molar-refractivity contribution in [2.24, 2.45) is 0 Å². The first-order chi connectivity index (χ1) is 6.98. The van der Waals surface area contributed by atoms with Crippen molar-refractivity contribution in [2.45, 2.75) is 18.9 Å². The molecule has 0 aliphatic carbocycles. The number of carbonyl (C=O) groups is 1. The van der Waals surface area contributed by atoms with Crippen molar-refractivity contribution in [1.29, 1.82) is 0 Å². The van der Waals surface area contributed by atoms with Crippen LogP contribution in [0.1, 0.15) is 18.9 Å². The number of aliphatic carboxylic acids is 1. The second-order valence-corrected chi connectivity index (χ2v) is 3.66. The van der Waals surface area contributed by atoms with Crippen molar-refractivity contribution in [3.63, 3.8) is 0 Å². The topological polar surface area (TPSA) is 49.3 Å². The highest BCUT2D eigenvalue weighted by molar-refractivity contribution is 5.68. The number of benzene rings is 1. The maximum atomic E-state index is 13.0. The predicted molar refractivity (Wildman–Crippen MR) is 55.1 cm³/mol. The van der Waals surface area contributed by atoms with Crippen molar-refractivity contribution in [3.05, 3.63) is 35.6 Å². The van der Waals surface area contributed by atoms with Gasteiger partial charge in [0.15, 0.2) is 0 Å². The van der Waals surface area contributed by atoms with Gasteiger partial charge in [0, 0.05) is 0 Å². The maximum absolute atomic E-state index is 13.0. The molecule has 0 heterocycles. The predicted octanol–water partition coefficient (Wildman–Crippen LogP) is 1.73. The average molecular weight is 211 g/mol. The molecule has 0 fully saturated rings. The smallest absolute Gasteiger partial charge is 0.305 e. The number of hydrogen-bond acceptors (Lipinski definition) is 2. The van der Waals surface area contributed by atoms with Gasteiger partial charge in [0.2, 0.25) is 0 Å². The highest BCUT2D eigenvalue weighted by atomic mass is 19.1. The molecule has 0 saturated carbocycles. The number of nitrogens with one attached hydrogen (secondary N) is 1. The van der Waals surface area contributed by atoms with Crippen molar-refractivity contribution < 1.29 is 14.3 Å². The molecule has 0 aliphatic heterocycles. The quantitative estimate of drug-likeness (QED) is 0.797. The Kier molecular flexibility index (Phi) is 3.42. The van der Waals surface area contributed by atoms with Gasteiger partial charge in [-0.3, -0.25) is 4.79 Å². The van der Waals surface area contributed by atoms with Crippen molar-refractivity contribution >= 4 is 5.97 Å². The molecule has 15 heavy (non-hydrogen) atoms. The number of carboxylic acid groups (broad SMARTS) is 1. The Labute approximate surface area is 87.9 Å². The molecule has 1 aromatic rings. The second kappa shape index (κ2) is 4.40. The molecule has 4 heteroatoms. The van der Waals surface area contributed by atoms with Crippen LogP contribution in [-0.2, 0) is 10.3 Å². The molecule has 1 rings (SSSR count). The van der Waals surface area contributed by atoms with Crippen LogP contribution in [0.15, 0.2) is 24.3 Å². The standard InChI is InChI=1S/C11H14FNO2/c1-11(13-2,7-10(14)15)8-4-3-5-9(12)6-8/h3-6,13H,7H2,1-2H3,(H,14,15). The summed E-state index contributed by atoms with van der Waals surface area (Å²) >= 11 is 0. The van der Waals surface area contributed by atoms with E-state index in [4.69, 9.17) is 5.11 Å². The molecule has 0 aliphatic rings. The summed E-state index contributed by atoms with van der Waals surface area (Å²) < 4.78 is 13.0. The van der Waals surface area contributed by atoms with Crippen LogP contribution in [0.5, 0.6) is 0 Å². The fourth-order valence-corrected chi connectivity index (χ4v) is 1.47. The minimum Gasteiger partial charge on any atom is -0.481 e. The molecule has 1 atom stereocenters. The second-order valence-electron chi connectivity index (χ2n) is 3.66. The van der Waals surface area contributed by atoms with E-state index >= 15 is 0 Å². The van der Waals surface area contributed by atoms with Gasteiger partial charge in [0.25, 0.3) is 0 Å². The van der Waals surface area contributed by atoms with Gasteiger partial charge >= 0.3 is 5.97 Å². The third kappa shape index (κ3) is 2.76. The highest BCUT2D eigenvalue weighted by Gasteiger charge is 2.27. The average Bonchev–Trinajstić information content (AvgIpc) is 2.16. The van der Waals surface area contributed by atoms with E-state index in [1.807, 2.05) is 0 Å². The maximum Gasteiger partial charge on any atom is 0.305 e. The number of hydrogen-bond donors (Lipinski definition) is 2. The van der Waals surface area contributed by atoms with Crippen molar-refractivity contribution in [2.75, 3.05) is 7.05 Å². The zero-order valence-corrected chi connectivity index (χ0v) is 8.75. The Balaban J connectivity index is 3.05. The molecule has 0 spiro atoms. The number of halogens is 1. The first kappa shape index (κ1) is 11.7. The van der Waals surface area contributed by atoms with Crippen LogP contribution in [0, 0.1) is 5.82 Å². The van der Waals surface area contributed by atoms with Gasteiger partial charge in [0.05, 0.1) is 12.0 Å². The van der Waals surface area contributed by atoms with Gasteiger partial charge in [-0.05, 0) is 31.7 Å². The Morgan fingerprint density at radius 3 is 2.73 bits per heavy atom. The molecule has 1 unspecified atom stereocenters. The van der Waals surface area contributed by atoms with E-state index in [0.717, 1.165) is 0 Å². The summed E-state index contributed by atoms with van der Waals surface area (Å²) in [5, 5.41) is 11.7. The van der Waals surface area contributed by atoms with Crippen LogP contribution < -0.4 is 5.32 Å². The van der Waals surface area contributed by atoms with Gasteiger partial charge in [-0.2, -0.15) is 0 Å². The van der Waals surface area contributed by atoms with E-state index in [2.05, 4.69) is 5.32 Å². The molecule has 0 radical (unpaired) electrons. The van der Waals surface area contributed by atoms with Crippen molar-refractivity contribution in [1.82, 2.24) is 5.32 Å². The molecule has 2 N–H and O–H groups in total. The molecule has 0 bridgehead atoms. The first-order valence-electron chi connectivity index (χ1n) is 4.65. The van der Waals surface area contributed by atoms with Crippen LogP contribution in [0.2, 0.25) is 0 Å². The van der Waals surface area contributed by atoms with Gasteiger partial charge in [-0.1, -0.05) is 12.1 Å². The fraction of sp³-hybridized carbons (Fsp3) is 0.364. The Morgan fingerprint density at radius 1 is 1.60 bits per heavy atom. The van der Waals surface area contributed by atoms with E-state index < -0.39 is 11.5 Å². The minimum atomic E-state index is -0.920. The summed E-state index contributed by atoms with van der Waals surface area (Å²) in [7, 11) is 1.66. The molecular formula is C11H14FNO2. The van der Waals surface area contributed by atoms with Crippen LogP contribution >= 0.6 is 0 Å². The molecule has 0 amide bonds. The van der Waals surface area contributed by atoms with Gasteiger partial charge in [0.1, 0.15) is 5.82 Å². The Hall–Kier alpha value is -1.42. The lowest BCUT2D eigenvalue weighted by Crippen LogP contribution is -2.39. The monoisotopic (exact) mass is 211 g/mol. The summed E-state index contributed by atoms with van der Waals surface area (Å²) in [5.41, 5.74) is -0.110. The fourth-order valence-electron chi connectivity index (χ4n) is 1.47. The van der Waals surface area contributed by atoms with E-state index in [0.29, 0.717) is 5.56 Å². The van der Waals surface area contributed by atoms with Crippen LogP contribution in [-0.4, -0.2) is 18.1 Å². The first-order valence-corrected chi connectivity index (χ1v) is 4.65. The third-order valence-electron chi connectivity index (χ3n) is 2.52. The summed E-state index contributed by atoms with van der Waals surface area (Å²) in [6.45, 7) is 1.73. The SMILES string of the molecule is CNC(C)(CC(=O)O)c1cccc(F)c1. The Morgan fingerprint density at radius 2 is 2.27 bits per heavy atom. The minimum absolute atomic E-state index is 0.0903. The van der Waals surface area contributed by atoms with Gasteiger partial charge < -0.3 is 10.4 Å². The Bertz CT molecular complexity index is 367. The summed E-state index contributed by atoms with van der Waals surface area (Å²) in [6.07, 6.45) is -0.0903. The molecule has 0 aromatic heterocycles. The number of rotatable bonds is 4. The van der Waals surface area contributed by atoms with Crippen molar-refractivity contribution in [3.8, 4) is 0 Å². The highest BCUT2D eigenvalue weighted by Crippen LogP contribution is 2.24. The lowest BCUT2D eigenvalue weighted by atomic mass is 9.89. The van der Waals surface area contributed by atoms with Gasteiger partial charge in [-0.25, -0.2) is 4.39 Å². The van der Waals surface area contributed by atoms with Gasteiger partial charge in [-0.15, -0.1) is 0 Å². The summed E-state index contributed by atoms with van der Waals surface area (Å²) in [6, 6.07) is 5.96. The third-order valence-corrected chi connectivity index (χ3v) is 2.52. The molecule has 3 nitrogen and oxygen atoms in total. The summed E-state index contributed by atoms with van der Waals surface area (Å²) in [4.78, 5) is 10.7. The lowest BCUT2D eigenvalue weighted by molar-refractivity contribution is -0.138. The van der Waals surface area contributed by atoms with E-state index in [9.17, 15) is 9.18 Å². The zero-order valence-electron chi connectivity index (χ0n) is 8.75.